The number of nitrogen functional groups attached to an aromatic ring is 1. The van der Waals surface area contributed by atoms with Gasteiger partial charge in [0.2, 0.25) is 0 Å². The van der Waals surface area contributed by atoms with Crippen LogP contribution in [0.25, 0.3) is 0 Å². The van der Waals surface area contributed by atoms with Gasteiger partial charge >= 0.3 is 10.1 Å². The van der Waals surface area contributed by atoms with Crippen LogP contribution >= 0.6 is 0 Å². The summed E-state index contributed by atoms with van der Waals surface area (Å²) >= 11 is 0. The van der Waals surface area contributed by atoms with E-state index in [1.54, 1.807) is 31.2 Å². The van der Waals surface area contributed by atoms with Crippen molar-refractivity contribution in [3.05, 3.63) is 53.6 Å². The molecule has 0 bridgehead atoms. The monoisotopic (exact) mass is 277 g/mol. The van der Waals surface area contributed by atoms with E-state index in [1.165, 1.54) is 18.2 Å². The molecule has 0 amide bonds. The van der Waals surface area contributed by atoms with Gasteiger partial charge in [-0.1, -0.05) is 23.8 Å². The second-order valence-corrected chi connectivity index (χ2v) is 5.92. The minimum absolute atomic E-state index is 0.125. The van der Waals surface area contributed by atoms with E-state index in [4.69, 9.17) is 9.92 Å². The number of benzene rings is 2. The molecule has 0 heterocycles. The first-order valence-electron chi connectivity index (χ1n) is 5.76. The molecule has 100 valence electrons. The summed E-state index contributed by atoms with van der Waals surface area (Å²) in [6.45, 7) is 3.65. The van der Waals surface area contributed by atoms with E-state index in [1.807, 2.05) is 6.92 Å². The van der Waals surface area contributed by atoms with Gasteiger partial charge in [0, 0.05) is 11.8 Å². The van der Waals surface area contributed by atoms with Crippen LogP contribution in [-0.4, -0.2) is 8.42 Å². The molecule has 0 radical (unpaired) electrons. The Morgan fingerprint density at radius 1 is 1.00 bits per heavy atom. The Bertz CT molecular complexity index is 691. The highest BCUT2D eigenvalue weighted by atomic mass is 32.2. The predicted octanol–water partition coefficient (Wildman–Crippen LogP) is 2.65. The molecule has 0 saturated heterocycles. The minimum Gasteiger partial charge on any atom is -0.399 e. The molecular weight excluding hydrogens is 262 g/mol. The normalized spacial score (nSPS) is 11.3. The molecule has 0 aliphatic carbocycles. The molecule has 0 saturated carbocycles. The lowest BCUT2D eigenvalue weighted by Gasteiger charge is -2.10. The molecule has 19 heavy (non-hydrogen) atoms. The smallest absolute Gasteiger partial charge is 0.339 e. The van der Waals surface area contributed by atoms with Crippen LogP contribution in [0.1, 0.15) is 11.1 Å². The minimum atomic E-state index is -3.82. The average molecular weight is 277 g/mol. The van der Waals surface area contributed by atoms with Crippen LogP contribution in [0.2, 0.25) is 0 Å². The molecule has 2 rings (SSSR count). The number of rotatable bonds is 3. The lowest BCUT2D eigenvalue weighted by molar-refractivity contribution is 0.484. The zero-order valence-electron chi connectivity index (χ0n) is 10.8. The van der Waals surface area contributed by atoms with Crippen molar-refractivity contribution in [1.29, 1.82) is 0 Å². The molecular formula is C14H15NO3S. The van der Waals surface area contributed by atoms with Crippen molar-refractivity contribution in [1.82, 2.24) is 0 Å². The first-order chi connectivity index (χ1) is 8.88. The van der Waals surface area contributed by atoms with Crippen molar-refractivity contribution in [2.45, 2.75) is 18.7 Å². The third-order valence-corrected chi connectivity index (χ3v) is 3.97. The maximum atomic E-state index is 12.1. The van der Waals surface area contributed by atoms with Gasteiger partial charge in [0.05, 0.1) is 0 Å². The van der Waals surface area contributed by atoms with Gasteiger partial charge in [-0.05, 0) is 37.6 Å². The Morgan fingerprint density at radius 3 is 2.26 bits per heavy atom. The number of nitrogens with two attached hydrogens (primary N) is 1. The van der Waals surface area contributed by atoms with Crippen molar-refractivity contribution in [2.24, 2.45) is 0 Å². The van der Waals surface area contributed by atoms with E-state index in [2.05, 4.69) is 0 Å². The molecule has 5 heteroatoms. The summed E-state index contributed by atoms with van der Waals surface area (Å²) in [6.07, 6.45) is 0. The number of aryl methyl sites for hydroxylation is 2. The summed E-state index contributed by atoms with van der Waals surface area (Å²) in [6, 6.07) is 11.4. The van der Waals surface area contributed by atoms with Crippen molar-refractivity contribution in [3.8, 4) is 5.75 Å². The Morgan fingerprint density at radius 2 is 1.63 bits per heavy atom. The summed E-state index contributed by atoms with van der Waals surface area (Å²) < 4.78 is 29.4. The van der Waals surface area contributed by atoms with Gasteiger partial charge < -0.3 is 9.92 Å². The third kappa shape index (κ3) is 3.06. The van der Waals surface area contributed by atoms with Crippen LogP contribution in [0.15, 0.2) is 47.4 Å². The SMILES string of the molecule is Cc1ccc(S(=O)(=O)Oc2cc(N)ccc2C)cc1. The van der Waals surface area contributed by atoms with Crippen molar-refractivity contribution < 1.29 is 12.6 Å². The van der Waals surface area contributed by atoms with Gasteiger partial charge in [-0.3, -0.25) is 0 Å². The lowest BCUT2D eigenvalue weighted by atomic mass is 10.2. The molecule has 4 nitrogen and oxygen atoms in total. The van der Waals surface area contributed by atoms with E-state index in [9.17, 15) is 8.42 Å². The fourth-order valence-corrected chi connectivity index (χ4v) is 2.56. The molecule has 0 atom stereocenters. The van der Waals surface area contributed by atoms with Crippen LogP contribution in [0.5, 0.6) is 5.75 Å². The van der Waals surface area contributed by atoms with Crippen LogP contribution < -0.4 is 9.92 Å². The van der Waals surface area contributed by atoms with Gasteiger partial charge in [-0.2, -0.15) is 8.42 Å². The topological polar surface area (TPSA) is 69.4 Å². The molecule has 0 fully saturated rings. The second-order valence-electron chi connectivity index (χ2n) is 4.38. The third-order valence-electron chi connectivity index (χ3n) is 2.72. The highest BCUT2D eigenvalue weighted by Gasteiger charge is 2.17. The van der Waals surface area contributed by atoms with Gasteiger partial charge in [0.1, 0.15) is 10.6 Å². The standard InChI is InChI=1S/C14H15NO3S/c1-10-3-7-13(8-4-10)19(16,17)18-14-9-12(15)6-5-11(14)2/h3-9H,15H2,1-2H3. The van der Waals surface area contributed by atoms with E-state index in [0.29, 0.717) is 11.3 Å². The van der Waals surface area contributed by atoms with Crippen LogP contribution in [0.3, 0.4) is 0 Å². The molecule has 0 aliphatic heterocycles. The maximum Gasteiger partial charge on any atom is 0.339 e. The fraction of sp³-hybridized carbons (Fsp3) is 0.143. The van der Waals surface area contributed by atoms with Gasteiger partial charge in [0.15, 0.2) is 0 Å². The molecule has 0 unspecified atom stereocenters. The van der Waals surface area contributed by atoms with E-state index >= 15 is 0 Å². The fourth-order valence-electron chi connectivity index (χ4n) is 1.58. The summed E-state index contributed by atoms with van der Waals surface area (Å²) in [5, 5.41) is 0. The quantitative estimate of drug-likeness (QED) is 0.691. The first-order valence-corrected chi connectivity index (χ1v) is 7.16. The van der Waals surface area contributed by atoms with Crippen molar-refractivity contribution in [3.63, 3.8) is 0 Å². The molecule has 2 aromatic rings. The molecule has 0 aromatic heterocycles. The number of hydrogen-bond donors (Lipinski definition) is 1. The average Bonchev–Trinajstić information content (AvgIpc) is 2.34. The summed E-state index contributed by atoms with van der Waals surface area (Å²) in [5.74, 6) is 0.251. The van der Waals surface area contributed by atoms with E-state index in [-0.39, 0.29) is 10.6 Å². The second kappa shape index (κ2) is 4.93. The Labute approximate surface area is 113 Å². The largest absolute Gasteiger partial charge is 0.399 e. The first kappa shape index (κ1) is 13.4. The summed E-state index contributed by atoms with van der Waals surface area (Å²) in [7, 11) is -3.82. The molecule has 0 aliphatic rings. The van der Waals surface area contributed by atoms with Crippen molar-refractivity contribution in [2.75, 3.05) is 5.73 Å². The van der Waals surface area contributed by atoms with Gasteiger partial charge in [-0.25, -0.2) is 0 Å². The van der Waals surface area contributed by atoms with E-state index in [0.717, 1.165) is 5.56 Å². The highest BCUT2D eigenvalue weighted by Crippen LogP contribution is 2.25. The number of hydrogen-bond acceptors (Lipinski definition) is 4. The molecule has 2 N–H and O–H groups in total. The lowest BCUT2D eigenvalue weighted by Crippen LogP contribution is -2.10. The Kier molecular flexibility index (Phi) is 3.48. The summed E-state index contributed by atoms with van der Waals surface area (Å²) in [4.78, 5) is 0.125. The van der Waals surface area contributed by atoms with Crippen LogP contribution in [0.4, 0.5) is 5.69 Å². The molecule has 0 spiro atoms. The van der Waals surface area contributed by atoms with Crippen LogP contribution in [0, 0.1) is 13.8 Å². The maximum absolute atomic E-state index is 12.1. The molecule has 2 aromatic carbocycles. The number of anilines is 1. The Hall–Kier alpha value is -2.01. The zero-order valence-corrected chi connectivity index (χ0v) is 11.6. The van der Waals surface area contributed by atoms with E-state index < -0.39 is 10.1 Å². The highest BCUT2D eigenvalue weighted by molar-refractivity contribution is 7.87. The predicted molar refractivity (Wildman–Crippen MR) is 74.6 cm³/mol. The van der Waals surface area contributed by atoms with Gasteiger partial charge in [-0.15, -0.1) is 0 Å². The zero-order chi connectivity index (χ0) is 14.0. The Balaban J connectivity index is 2.36. The summed E-state index contributed by atoms with van der Waals surface area (Å²) in [5.41, 5.74) is 7.79. The van der Waals surface area contributed by atoms with Crippen molar-refractivity contribution >= 4 is 15.8 Å². The van der Waals surface area contributed by atoms with Crippen LogP contribution in [-0.2, 0) is 10.1 Å². The van der Waals surface area contributed by atoms with Gasteiger partial charge in [0.25, 0.3) is 0 Å².